The monoisotopic (exact) mass is 262 g/mol. The highest BCUT2D eigenvalue weighted by Crippen LogP contribution is 2.28. The molecule has 4 heteroatoms. The highest BCUT2D eigenvalue weighted by Gasteiger charge is 2.03. The molecule has 0 aliphatic carbocycles. The molecule has 1 aromatic heterocycles. The van der Waals surface area contributed by atoms with Crippen molar-refractivity contribution in [2.24, 2.45) is 0 Å². The molecule has 0 saturated heterocycles. The zero-order valence-electron chi connectivity index (χ0n) is 10.2. The van der Waals surface area contributed by atoms with Crippen LogP contribution >= 0.6 is 11.6 Å². The fraction of sp³-hybridized carbons (Fsp3) is 0.214. The molecule has 3 nitrogen and oxygen atoms in total. The predicted octanol–water partition coefficient (Wildman–Crippen LogP) is 3.77. The lowest BCUT2D eigenvalue weighted by Gasteiger charge is -2.07. The Balaban J connectivity index is 2.29. The van der Waals surface area contributed by atoms with Crippen LogP contribution in [0.4, 0.5) is 5.69 Å². The minimum atomic E-state index is 0.560. The van der Waals surface area contributed by atoms with Crippen LogP contribution in [0.5, 0.6) is 5.75 Å². The van der Waals surface area contributed by atoms with Gasteiger partial charge in [-0.05, 0) is 30.2 Å². The number of ether oxygens (including phenoxy) is 1. The summed E-state index contributed by atoms with van der Waals surface area (Å²) in [6, 6.07) is 7.49. The molecule has 0 unspecified atom stereocenters. The molecule has 2 rings (SSSR count). The van der Waals surface area contributed by atoms with E-state index in [1.807, 2.05) is 18.2 Å². The van der Waals surface area contributed by atoms with Gasteiger partial charge in [0.15, 0.2) is 0 Å². The Hall–Kier alpha value is -1.74. The molecule has 2 aromatic rings. The molecular formula is C14H15ClN2O. The number of hydrogen-bond acceptors (Lipinski definition) is 3. The summed E-state index contributed by atoms with van der Waals surface area (Å²) in [6.45, 7) is 2.76. The third-order valence-corrected chi connectivity index (χ3v) is 2.86. The Morgan fingerprint density at radius 1 is 1.22 bits per heavy atom. The number of nitrogens with two attached hydrogens (primary N) is 1. The van der Waals surface area contributed by atoms with Crippen molar-refractivity contribution in [3.05, 3.63) is 41.7 Å². The Morgan fingerprint density at radius 3 is 2.78 bits per heavy atom. The summed E-state index contributed by atoms with van der Waals surface area (Å²) >= 11 is 5.90. The number of hydrogen-bond donors (Lipinski definition) is 1. The van der Waals surface area contributed by atoms with Crippen LogP contribution in [-0.4, -0.2) is 11.6 Å². The molecule has 0 spiro atoms. The van der Waals surface area contributed by atoms with E-state index in [1.54, 1.807) is 18.5 Å². The molecule has 0 radical (unpaired) electrons. The van der Waals surface area contributed by atoms with Crippen LogP contribution in [0.25, 0.3) is 11.1 Å². The molecule has 0 bridgehead atoms. The van der Waals surface area contributed by atoms with Gasteiger partial charge in [-0.1, -0.05) is 24.6 Å². The van der Waals surface area contributed by atoms with E-state index in [0.717, 1.165) is 23.3 Å². The SMILES string of the molecule is CCCOc1cncc(-c2ccc(Cl)c(N)c2)c1. The van der Waals surface area contributed by atoms with Gasteiger partial charge in [0.1, 0.15) is 5.75 Å². The maximum atomic E-state index is 5.90. The number of nitrogen functional groups attached to an aromatic ring is 1. The summed E-state index contributed by atoms with van der Waals surface area (Å²) in [6.07, 6.45) is 4.46. The van der Waals surface area contributed by atoms with Crippen molar-refractivity contribution in [2.75, 3.05) is 12.3 Å². The molecule has 2 N–H and O–H groups in total. The third kappa shape index (κ3) is 2.93. The van der Waals surface area contributed by atoms with E-state index in [-0.39, 0.29) is 0 Å². The average Bonchev–Trinajstić information content (AvgIpc) is 2.40. The maximum Gasteiger partial charge on any atom is 0.138 e. The number of anilines is 1. The summed E-state index contributed by atoms with van der Waals surface area (Å²) in [5, 5.41) is 0.560. The molecule has 1 aromatic carbocycles. The molecule has 18 heavy (non-hydrogen) atoms. The van der Waals surface area contributed by atoms with Gasteiger partial charge in [-0.15, -0.1) is 0 Å². The van der Waals surface area contributed by atoms with Crippen molar-refractivity contribution < 1.29 is 4.74 Å². The standard InChI is InChI=1S/C14H15ClN2O/c1-2-5-18-12-6-11(8-17-9-12)10-3-4-13(15)14(16)7-10/h3-4,6-9H,2,5,16H2,1H3. The Labute approximate surface area is 112 Å². The zero-order chi connectivity index (χ0) is 13.0. The lowest BCUT2D eigenvalue weighted by atomic mass is 10.1. The highest BCUT2D eigenvalue weighted by molar-refractivity contribution is 6.33. The van der Waals surface area contributed by atoms with E-state index in [0.29, 0.717) is 17.3 Å². The van der Waals surface area contributed by atoms with Gasteiger partial charge in [0, 0.05) is 11.8 Å². The van der Waals surface area contributed by atoms with Crippen LogP contribution in [0.15, 0.2) is 36.7 Å². The van der Waals surface area contributed by atoms with Crippen molar-refractivity contribution in [1.82, 2.24) is 4.98 Å². The zero-order valence-corrected chi connectivity index (χ0v) is 10.9. The van der Waals surface area contributed by atoms with Crippen molar-refractivity contribution in [1.29, 1.82) is 0 Å². The van der Waals surface area contributed by atoms with E-state index >= 15 is 0 Å². The van der Waals surface area contributed by atoms with Crippen molar-refractivity contribution in [3.8, 4) is 16.9 Å². The average molecular weight is 263 g/mol. The molecule has 94 valence electrons. The van der Waals surface area contributed by atoms with Crippen LogP contribution in [0.2, 0.25) is 5.02 Å². The van der Waals surface area contributed by atoms with E-state index < -0.39 is 0 Å². The fourth-order valence-corrected chi connectivity index (χ4v) is 1.72. The number of aromatic nitrogens is 1. The van der Waals surface area contributed by atoms with Crippen LogP contribution in [-0.2, 0) is 0 Å². The van der Waals surface area contributed by atoms with Crippen LogP contribution in [0.1, 0.15) is 13.3 Å². The number of pyridine rings is 1. The summed E-state index contributed by atoms with van der Waals surface area (Å²) in [4.78, 5) is 4.17. The summed E-state index contributed by atoms with van der Waals surface area (Å²) < 4.78 is 5.55. The van der Waals surface area contributed by atoms with E-state index in [2.05, 4.69) is 11.9 Å². The van der Waals surface area contributed by atoms with E-state index in [9.17, 15) is 0 Å². The molecular weight excluding hydrogens is 248 g/mol. The highest BCUT2D eigenvalue weighted by atomic mass is 35.5. The predicted molar refractivity (Wildman–Crippen MR) is 74.9 cm³/mol. The lowest BCUT2D eigenvalue weighted by Crippen LogP contribution is -1.95. The Morgan fingerprint density at radius 2 is 2.06 bits per heavy atom. The Bertz CT molecular complexity index is 543. The van der Waals surface area contributed by atoms with Gasteiger partial charge in [0.25, 0.3) is 0 Å². The topological polar surface area (TPSA) is 48.1 Å². The van der Waals surface area contributed by atoms with Crippen LogP contribution in [0, 0.1) is 0 Å². The normalized spacial score (nSPS) is 10.3. The first-order chi connectivity index (χ1) is 8.70. The number of halogens is 1. The minimum Gasteiger partial charge on any atom is -0.492 e. The van der Waals surface area contributed by atoms with E-state index in [4.69, 9.17) is 22.1 Å². The summed E-state index contributed by atoms with van der Waals surface area (Å²) in [7, 11) is 0. The van der Waals surface area contributed by atoms with Crippen molar-refractivity contribution >= 4 is 17.3 Å². The quantitative estimate of drug-likeness (QED) is 0.853. The summed E-state index contributed by atoms with van der Waals surface area (Å²) in [5.41, 5.74) is 8.30. The summed E-state index contributed by atoms with van der Waals surface area (Å²) in [5.74, 6) is 0.767. The number of benzene rings is 1. The molecule has 0 atom stereocenters. The maximum absolute atomic E-state index is 5.90. The van der Waals surface area contributed by atoms with E-state index in [1.165, 1.54) is 0 Å². The molecule has 0 saturated carbocycles. The second kappa shape index (κ2) is 5.74. The second-order valence-corrected chi connectivity index (χ2v) is 4.40. The van der Waals surface area contributed by atoms with Gasteiger partial charge in [-0.25, -0.2) is 0 Å². The molecule has 1 heterocycles. The number of rotatable bonds is 4. The second-order valence-electron chi connectivity index (χ2n) is 3.99. The first kappa shape index (κ1) is 12.7. The Kier molecular flexibility index (Phi) is 4.05. The van der Waals surface area contributed by atoms with Gasteiger partial charge in [0.05, 0.1) is 23.5 Å². The van der Waals surface area contributed by atoms with Crippen LogP contribution < -0.4 is 10.5 Å². The molecule has 0 fully saturated rings. The van der Waals surface area contributed by atoms with Gasteiger partial charge >= 0.3 is 0 Å². The number of nitrogens with zero attached hydrogens (tertiary/aromatic N) is 1. The van der Waals surface area contributed by atoms with Gasteiger partial charge in [-0.2, -0.15) is 0 Å². The fourth-order valence-electron chi connectivity index (χ4n) is 1.60. The first-order valence-corrected chi connectivity index (χ1v) is 6.21. The molecule has 0 amide bonds. The molecule has 0 aliphatic heterocycles. The molecule has 0 aliphatic rings. The minimum absolute atomic E-state index is 0.560. The lowest BCUT2D eigenvalue weighted by molar-refractivity contribution is 0.316. The van der Waals surface area contributed by atoms with Crippen LogP contribution in [0.3, 0.4) is 0 Å². The smallest absolute Gasteiger partial charge is 0.138 e. The third-order valence-electron chi connectivity index (χ3n) is 2.52. The van der Waals surface area contributed by atoms with Crippen molar-refractivity contribution in [3.63, 3.8) is 0 Å². The van der Waals surface area contributed by atoms with Gasteiger partial charge < -0.3 is 10.5 Å². The van der Waals surface area contributed by atoms with Crippen molar-refractivity contribution in [2.45, 2.75) is 13.3 Å². The van der Waals surface area contributed by atoms with Gasteiger partial charge in [0.2, 0.25) is 0 Å². The largest absolute Gasteiger partial charge is 0.492 e. The van der Waals surface area contributed by atoms with Gasteiger partial charge in [-0.3, -0.25) is 4.98 Å². The first-order valence-electron chi connectivity index (χ1n) is 5.84.